The maximum absolute atomic E-state index is 11.0. The van der Waals surface area contributed by atoms with E-state index in [9.17, 15) is 4.79 Å². The van der Waals surface area contributed by atoms with Gasteiger partial charge in [-0.05, 0) is 12.8 Å². The molecule has 0 saturated heterocycles. The van der Waals surface area contributed by atoms with Crippen LogP contribution >= 0.6 is 0 Å². The lowest BCUT2D eigenvalue weighted by molar-refractivity contribution is -0.245. The van der Waals surface area contributed by atoms with Gasteiger partial charge in [-0.2, -0.15) is 0 Å². The molecule has 1 aliphatic rings. The summed E-state index contributed by atoms with van der Waals surface area (Å²) in [5, 5.41) is 0. The van der Waals surface area contributed by atoms with Gasteiger partial charge in [0.25, 0.3) is 0 Å². The standard InChI is InChI=1S/C11H20O4/c1-10(12)15-11(14-9-8-13-2)6-4-3-5-7-11/h3-9H2,1-2H3. The van der Waals surface area contributed by atoms with Crippen LogP contribution in [0.3, 0.4) is 0 Å². The minimum atomic E-state index is -0.678. The highest BCUT2D eigenvalue weighted by Gasteiger charge is 2.36. The van der Waals surface area contributed by atoms with Gasteiger partial charge in [0.1, 0.15) is 0 Å². The number of methoxy groups -OCH3 is 1. The van der Waals surface area contributed by atoms with Crippen LogP contribution in [0.25, 0.3) is 0 Å². The third-order valence-corrected chi connectivity index (χ3v) is 2.60. The quantitative estimate of drug-likeness (QED) is 0.400. The highest BCUT2D eigenvalue weighted by Crippen LogP contribution is 2.32. The second-order valence-electron chi connectivity index (χ2n) is 3.91. The molecule has 1 aliphatic carbocycles. The van der Waals surface area contributed by atoms with Crippen LogP contribution in [0.5, 0.6) is 0 Å². The molecule has 4 nitrogen and oxygen atoms in total. The zero-order valence-corrected chi connectivity index (χ0v) is 9.58. The van der Waals surface area contributed by atoms with Gasteiger partial charge in [0.15, 0.2) is 0 Å². The summed E-state index contributed by atoms with van der Waals surface area (Å²) in [6.07, 6.45) is 4.91. The number of rotatable bonds is 5. The first-order valence-corrected chi connectivity index (χ1v) is 5.51. The first kappa shape index (κ1) is 12.5. The average molecular weight is 216 g/mol. The van der Waals surface area contributed by atoms with E-state index in [4.69, 9.17) is 14.2 Å². The molecule has 1 rings (SSSR count). The topological polar surface area (TPSA) is 44.8 Å². The van der Waals surface area contributed by atoms with Gasteiger partial charge in [-0.25, -0.2) is 0 Å². The molecule has 4 heteroatoms. The van der Waals surface area contributed by atoms with E-state index >= 15 is 0 Å². The predicted molar refractivity (Wildman–Crippen MR) is 55.4 cm³/mol. The first-order chi connectivity index (χ1) is 7.18. The van der Waals surface area contributed by atoms with Gasteiger partial charge in [0, 0.05) is 26.9 Å². The molecule has 1 saturated carbocycles. The fourth-order valence-corrected chi connectivity index (χ4v) is 1.94. The number of ether oxygens (including phenoxy) is 3. The van der Waals surface area contributed by atoms with Crippen molar-refractivity contribution < 1.29 is 19.0 Å². The van der Waals surface area contributed by atoms with Crippen molar-refractivity contribution in [2.45, 2.75) is 44.8 Å². The van der Waals surface area contributed by atoms with Gasteiger partial charge in [0.2, 0.25) is 5.79 Å². The molecule has 0 heterocycles. The van der Waals surface area contributed by atoms with Crippen molar-refractivity contribution in [2.75, 3.05) is 20.3 Å². The molecule has 0 aromatic heterocycles. The van der Waals surface area contributed by atoms with E-state index in [1.165, 1.54) is 13.3 Å². The first-order valence-electron chi connectivity index (χ1n) is 5.51. The molecule has 0 atom stereocenters. The van der Waals surface area contributed by atoms with E-state index in [1.807, 2.05) is 0 Å². The molecule has 1 fully saturated rings. The fourth-order valence-electron chi connectivity index (χ4n) is 1.94. The monoisotopic (exact) mass is 216 g/mol. The van der Waals surface area contributed by atoms with Gasteiger partial charge in [-0.15, -0.1) is 0 Å². The zero-order chi connectivity index (χ0) is 11.1. The van der Waals surface area contributed by atoms with Crippen molar-refractivity contribution in [3.05, 3.63) is 0 Å². The third kappa shape index (κ3) is 4.18. The summed E-state index contributed by atoms with van der Waals surface area (Å²) < 4.78 is 15.9. The second kappa shape index (κ2) is 6.08. The van der Waals surface area contributed by atoms with Crippen molar-refractivity contribution in [1.29, 1.82) is 0 Å². The van der Waals surface area contributed by atoms with Crippen LogP contribution in [0.4, 0.5) is 0 Å². The zero-order valence-electron chi connectivity index (χ0n) is 9.58. The Morgan fingerprint density at radius 1 is 1.20 bits per heavy atom. The van der Waals surface area contributed by atoms with Crippen LogP contribution < -0.4 is 0 Å². The Bertz CT molecular complexity index is 197. The van der Waals surface area contributed by atoms with Crippen LogP contribution in [0.15, 0.2) is 0 Å². The molecule has 0 aromatic carbocycles. The SMILES string of the molecule is COCCOC1(OC(C)=O)CCCCC1. The highest BCUT2D eigenvalue weighted by atomic mass is 16.7. The molecule has 0 aliphatic heterocycles. The normalized spacial score (nSPS) is 19.9. The molecule has 0 aromatic rings. The lowest BCUT2D eigenvalue weighted by Crippen LogP contribution is -2.40. The smallest absolute Gasteiger partial charge is 0.305 e. The summed E-state index contributed by atoms with van der Waals surface area (Å²) >= 11 is 0. The number of carbonyl (C=O) groups is 1. The molecule has 0 unspecified atom stereocenters. The lowest BCUT2D eigenvalue weighted by atomic mass is 9.94. The average Bonchev–Trinajstić information content (AvgIpc) is 2.18. The Kier molecular flexibility index (Phi) is 5.05. The fraction of sp³-hybridized carbons (Fsp3) is 0.909. The third-order valence-electron chi connectivity index (χ3n) is 2.60. The van der Waals surface area contributed by atoms with Gasteiger partial charge in [-0.3, -0.25) is 4.79 Å². The van der Waals surface area contributed by atoms with Gasteiger partial charge < -0.3 is 14.2 Å². The number of esters is 1. The van der Waals surface area contributed by atoms with Crippen molar-refractivity contribution >= 4 is 5.97 Å². The maximum Gasteiger partial charge on any atom is 0.305 e. The largest absolute Gasteiger partial charge is 0.433 e. The minimum absolute atomic E-state index is 0.269. The van der Waals surface area contributed by atoms with Crippen molar-refractivity contribution in [3.8, 4) is 0 Å². The minimum Gasteiger partial charge on any atom is -0.433 e. The van der Waals surface area contributed by atoms with Crippen molar-refractivity contribution in [1.82, 2.24) is 0 Å². The van der Waals surface area contributed by atoms with Crippen molar-refractivity contribution in [3.63, 3.8) is 0 Å². The summed E-state index contributed by atoms with van der Waals surface area (Å²) in [5.41, 5.74) is 0. The lowest BCUT2D eigenvalue weighted by Gasteiger charge is -2.35. The molecule has 0 spiro atoms. The predicted octanol–water partition coefficient (Wildman–Crippen LogP) is 1.87. The second-order valence-corrected chi connectivity index (χ2v) is 3.91. The van der Waals surface area contributed by atoms with Crippen LogP contribution in [0.2, 0.25) is 0 Å². The molecule has 88 valence electrons. The van der Waals surface area contributed by atoms with Gasteiger partial charge in [0.05, 0.1) is 13.2 Å². The number of hydrogen-bond acceptors (Lipinski definition) is 4. The number of carbonyl (C=O) groups excluding carboxylic acids is 1. The molecule has 0 bridgehead atoms. The summed E-state index contributed by atoms with van der Waals surface area (Å²) in [4.78, 5) is 11.0. The summed E-state index contributed by atoms with van der Waals surface area (Å²) in [6.45, 7) is 2.43. The Balaban J connectivity index is 2.46. The molecule has 0 radical (unpaired) electrons. The van der Waals surface area contributed by atoms with E-state index in [-0.39, 0.29) is 5.97 Å². The number of hydrogen-bond donors (Lipinski definition) is 0. The van der Waals surface area contributed by atoms with Crippen molar-refractivity contribution in [2.24, 2.45) is 0 Å². The summed E-state index contributed by atoms with van der Waals surface area (Å²) in [5.74, 6) is -0.947. The summed E-state index contributed by atoms with van der Waals surface area (Å²) in [6, 6.07) is 0. The Hall–Kier alpha value is -0.610. The molecule has 15 heavy (non-hydrogen) atoms. The van der Waals surface area contributed by atoms with E-state index in [0.29, 0.717) is 13.2 Å². The van der Waals surface area contributed by atoms with Crippen LogP contribution in [0, 0.1) is 0 Å². The molecular formula is C11H20O4. The van der Waals surface area contributed by atoms with Crippen LogP contribution in [-0.2, 0) is 19.0 Å². The maximum atomic E-state index is 11.0. The van der Waals surface area contributed by atoms with E-state index in [2.05, 4.69) is 0 Å². The van der Waals surface area contributed by atoms with E-state index in [1.54, 1.807) is 7.11 Å². The molecular weight excluding hydrogens is 196 g/mol. The van der Waals surface area contributed by atoms with E-state index < -0.39 is 5.79 Å². The van der Waals surface area contributed by atoms with E-state index in [0.717, 1.165) is 25.7 Å². The molecule has 0 N–H and O–H groups in total. The Morgan fingerprint density at radius 2 is 1.87 bits per heavy atom. The Labute approximate surface area is 90.9 Å². The van der Waals surface area contributed by atoms with Gasteiger partial charge >= 0.3 is 5.97 Å². The van der Waals surface area contributed by atoms with Crippen LogP contribution in [0.1, 0.15) is 39.0 Å². The van der Waals surface area contributed by atoms with Gasteiger partial charge in [-0.1, -0.05) is 6.42 Å². The summed E-state index contributed by atoms with van der Waals surface area (Å²) in [7, 11) is 1.63. The highest BCUT2D eigenvalue weighted by molar-refractivity contribution is 5.66. The van der Waals surface area contributed by atoms with Crippen LogP contribution in [-0.4, -0.2) is 32.1 Å². The Morgan fingerprint density at radius 3 is 2.40 bits per heavy atom. The molecule has 0 amide bonds.